The van der Waals surface area contributed by atoms with Gasteiger partial charge in [-0.15, -0.1) is 12.4 Å². The molecule has 0 saturated heterocycles. The first kappa shape index (κ1) is 24.9. The fourth-order valence-electron chi connectivity index (χ4n) is 2.46. The lowest BCUT2D eigenvalue weighted by atomic mass is 10.0. The van der Waals surface area contributed by atoms with Crippen LogP contribution in [0.5, 0.6) is 5.75 Å². The van der Waals surface area contributed by atoms with Gasteiger partial charge < -0.3 is 21.1 Å². The van der Waals surface area contributed by atoms with Crippen molar-refractivity contribution in [1.82, 2.24) is 10.6 Å². The Morgan fingerprint density at radius 2 is 1.89 bits per heavy atom. The van der Waals surface area contributed by atoms with Gasteiger partial charge in [0.2, 0.25) is 11.7 Å². The van der Waals surface area contributed by atoms with E-state index in [9.17, 15) is 14.4 Å². The number of carbonyl (C=O) groups excluding carboxylic acids is 3. The molecule has 4 N–H and O–H groups in total. The van der Waals surface area contributed by atoms with Gasteiger partial charge in [0, 0.05) is 6.54 Å². The highest BCUT2D eigenvalue weighted by molar-refractivity contribution is 6.38. The number of nitrogens with two attached hydrogens (primary N) is 1. The maximum Gasteiger partial charge on any atom is 0.289 e. The van der Waals surface area contributed by atoms with Gasteiger partial charge in [-0.3, -0.25) is 14.4 Å². The van der Waals surface area contributed by atoms with Crippen molar-refractivity contribution in [3.05, 3.63) is 29.8 Å². The number of hydrogen-bond donors (Lipinski definition) is 3. The summed E-state index contributed by atoms with van der Waals surface area (Å²) < 4.78 is 5.12. The largest absolute Gasteiger partial charge is 0.497 e. The summed E-state index contributed by atoms with van der Waals surface area (Å²) in [4.78, 5) is 36.5. The van der Waals surface area contributed by atoms with Crippen LogP contribution >= 0.6 is 12.4 Å². The summed E-state index contributed by atoms with van der Waals surface area (Å²) >= 11 is 0. The molecule has 2 amide bonds. The minimum atomic E-state index is -0.883. The average Bonchev–Trinajstić information content (AvgIpc) is 2.62. The summed E-state index contributed by atoms with van der Waals surface area (Å²) in [5.41, 5.74) is 6.63. The summed E-state index contributed by atoms with van der Waals surface area (Å²) in [7, 11) is 1.56. The summed E-state index contributed by atoms with van der Waals surface area (Å²) in [6, 6.07) is 5.60. The van der Waals surface area contributed by atoms with Crippen LogP contribution in [0.4, 0.5) is 0 Å². The van der Waals surface area contributed by atoms with Crippen molar-refractivity contribution in [2.75, 3.05) is 7.11 Å². The van der Waals surface area contributed by atoms with E-state index in [0.717, 1.165) is 5.56 Å². The molecule has 0 fully saturated rings. The third-order valence-corrected chi connectivity index (χ3v) is 3.91. The Hall–Kier alpha value is -2.12. The molecule has 0 heterocycles. The molecule has 7 nitrogen and oxygen atoms in total. The van der Waals surface area contributed by atoms with E-state index in [-0.39, 0.29) is 24.9 Å². The molecule has 1 unspecified atom stereocenters. The number of halogens is 1. The molecule has 0 aliphatic heterocycles. The van der Waals surface area contributed by atoms with Crippen molar-refractivity contribution in [2.45, 2.75) is 52.2 Å². The number of benzene rings is 1. The zero-order valence-corrected chi connectivity index (χ0v) is 17.1. The van der Waals surface area contributed by atoms with Gasteiger partial charge in [-0.25, -0.2) is 0 Å². The zero-order chi connectivity index (χ0) is 19.7. The van der Waals surface area contributed by atoms with Crippen LogP contribution in [0.1, 0.15) is 39.2 Å². The Morgan fingerprint density at radius 1 is 1.22 bits per heavy atom. The molecule has 0 aromatic heterocycles. The highest BCUT2D eigenvalue weighted by Crippen LogP contribution is 2.12. The van der Waals surface area contributed by atoms with Gasteiger partial charge in [-0.05, 0) is 36.5 Å². The number of carbonyl (C=O) groups is 3. The number of hydrogen-bond acceptors (Lipinski definition) is 5. The van der Waals surface area contributed by atoms with Crippen LogP contribution in [0.2, 0.25) is 0 Å². The van der Waals surface area contributed by atoms with E-state index in [0.29, 0.717) is 18.6 Å². The first-order valence-corrected chi connectivity index (χ1v) is 8.79. The lowest BCUT2D eigenvalue weighted by Crippen LogP contribution is -2.51. The number of amides is 2. The highest BCUT2D eigenvalue weighted by atomic mass is 35.5. The van der Waals surface area contributed by atoms with Gasteiger partial charge in [0.15, 0.2) is 0 Å². The van der Waals surface area contributed by atoms with Crippen LogP contribution in [0.3, 0.4) is 0 Å². The van der Waals surface area contributed by atoms with Crippen molar-refractivity contribution in [3.8, 4) is 5.75 Å². The van der Waals surface area contributed by atoms with Gasteiger partial charge >= 0.3 is 0 Å². The topological polar surface area (TPSA) is 111 Å². The SMILES string of the molecule is CCC(NC(=O)[C@@H](N)CC(C)C)C(=O)C(=O)NCc1cccc(OC)c1.Cl. The van der Waals surface area contributed by atoms with Crippen LogP contribution in [-0.2, 0) is 20.9 Å². The Labute approximate surface area is 166 Å². The molecule has 0 aliphatic rings. The van der Waals surface area contributed by atoms with Crippen LogP contribution in [0.25, 0.3) is 0 Å². The maximum atomic E-state index is 12.3. The summed E-state index contributed by atoms with van der Waals surface area (Å²) in [6.07, 6.45) is 0.823. The number of methoxy groups -OCH3 is 1. The Kier molecular flexibility index (Phi) is 11.3. The lowest BCUT2D eigenvalue weighted by molar-refractivity contribution is -0.140. The van der Waals surface area contributed by atoms with Crippen molar-refractivity contribution >= 4 is 30.0 Å². The minimum Gasteiger partial charge on any atom is -0.497 e. The molecule has 1 aromatic carbocycles. The van der Waals surface area contributed by atoms with E-state index in [2.05, 4.69) is 10.6 Å². The van der Waals surface area contributed by atoms with Gasteiger partial charge in [0.1, 0.15) is 5.75 Å². The predicted molar refractivity (Wildman–Crippen MR) is 107 cm³/mol. The fourth-order valence-corrected chi connectivity index (χ4v) is 2.46. The molecule has 0 aliphatic carbocycles. The van der Waals surface area contributed by atoms with E-state index in [1.807, 2.05) is 19.9 Å². The molecule has 1 aromatic rings. The quantitative estimate of drug-likeness (QED) is 0.517. The number of rotatable bonds is 10. The summed E-state index contributed by atoms with van der Waals surface area (Å²) in [6.45, 7) is 5.84. The molecular formula is C19H30ClN3O4. The molecule has 8 heteroatoms. The maximum absolute atomic E-state index is 12.3. The van der Waals surface area contributed by atoms with E-state index in [4.69, 9.17) is 10.5 Å². The average molecular weight is 400 g/mol. The Morgan fingerprint density at radius 3 is 2.44 bits per heavy atom. The van der Waals surface area contributed by atoms with E-state index < -0.39 is 29.7 Å². The Balaban J connectivity index is 0.00000676. The number of ether oxygens (including phenoxy) is 1. The smallest absolute Gasteiger partial charge is 0.289 e. The monoisotopic (exact) mass is 399 g/mol. The van der Waals surface area contributed by atoms with E-state index in [1.165, 1.54) is 0 Å². The van der Waals surface area contributed by atoms with Crippen LogP contribution in [-0.4, -0.2) is 36.8 Å². The fraction of sp³-hybridized carbons (Fsp3) is 0.526. The summed E-state index contributed by atoms with van der Waals surface area (Å²) in [5, 5.41) is 5.15. The molecule has 0 radical (unpaired) electrons. The van der Waals surface area contributed by atoms with Crippen molar-refractivity contribution in [3.63, 3.8) is 0 Å². The second kappa shape index (κ2) is 12.3. The molecule has 0 spiro atoms. The minimum absolute atomic E-state index is 0. The summed E-state index contributed by atoms with van der Waals surface area (Å²) in [5.74, 6) is -0.906. The van der Waals surface area contributed by atoms with Gasteiger partial charge in [0.05, 0.1) is 19.2 Å². The van der Waals surface area contributed by atoms with Gasteiger partial charge in [-0.2, -0.15) is 0 Å². The molecule has 1 rings (SSSR count). The van der Waals surface area contributed by atoms with Crippen LogP contribution in [0, 0.1) is 5.92 Å². The highest BCUT2D eigenvalue weighted by Gasteiger charge is 2.27. The third kappa shape index (κ3) is 8.41. The number of nitrogens with one attached hydrogen (secondary N) is 2. The molecular weight excluding hydrogens is 370 g/mol. The molecule has 152 valence electrons. The first-order valence-electron chi connectivity index (χ1n) is 8.79. The Bertz CT molecular complexity index is 637. The molecule has 2 atom stereocenters. The van der Waals surface area contributed by atoms with E-state index in [1.54, 1.807) is 32.2 Å². The normalized spacial score (nSPS) is 12.5. The van der Waals surface area contributed by atoms with Crippen molar-refractivity contribution in [1.29, 1.82) is 0 Å². The number of Topliss-reactive ketones (excluding diaryl/α,β-unsaturated/α-hetero) is 1. The lowest BCUT2D eigenvalue weighted by Gasteiger charge is -2.19. The number of ketones is 1. The molecule has 27 heavy (non-hydrogen) atoms. The van der Waals surface area contributed by atoms with Crippen LogP contribution < -0.4 is 21.1 Å². The third-order valence-electron chi connectivity index (χ3n) is 3.91. The molecule has 0 bridgehead atoms. The van der Waals surface area contributed by atoms with Crippen molar-refractivity contribution < 1.29 is 19.1 Å². The van der Waals surface area contributed by atoms with Crippen LogP contribution in [0.15, 0.2) is 24.3 Å². The van der Waals surface area contributed by atoms with Gasteiger partial charge in [0.25, 0.3) is 5.91 Å². The van der Waals surface area contributed by atoms with E-state index >= 15 is 0 Å². The second-order valence-electron chi connectivity index (χ2n) is 6.60. The standard InChI is InChI=1S/C19H29N3O4.ClH/c1-5-16(22-18(24)15(20)9-12(2)3)17(23)19(25)21-11-13-7-6-8-14(10-13)26-4;/h6-8,10,12,15-16H,5,9,11,20H2,1-4H3,(H,21,25)(H,22,24);1H/t15-,16?;/m0./s1. The predicted octanol–water partition coefficient (Wildman–Crippen LogP) is 1.57. The van der Waals surface area contributed by atoms with Gasteiger partial charge in [-0.1, -0.05) is 32.9 Å². The molecule has 0 saturated carbocycles. The zero-order valence-electron chi connectivity index (χ0n) is 16.3. The van der Waals surface area contributed by atoms with Crippen molar-refractivity contribution in [2.24, 2.45) is 11.7 Å². The second-order valence-corrected chi connectivity index (χ2v) is 6.60. The first-order chi connectivity index (χ1) is 12.3.